The van der Waals surface area contributed by atoms with Crippen molar-refractivity contribution in [1.29, 1.82) is 0 Å². The third kappa shape index (κ3) is 4.11. The molecule has 4 rings (SSSR count). The summed E-state index contributed by atoms with van der Waals surface area (Å²) in [5.41, 5.74) is 3.59. The average molecular weight is 396 g/mol. The monoisotopic (exact) mass is 395 g/mol. The predicted molar refractivity (Wildman–Crippen MR) is 111 cm³/mol. The van der Waals surface area contributed by atoms with Crippen LogP contribution in [0.2, 0.25) is 5.02 Å². The van der Waals surface area contributed by atoms with Crippen molar-refractivity contribution in [3.05, 3.63) is 97.7 Å². The van der Waals surface area contributed by atoms with E-state index in [1.54, 1.807) is 22.1 Å². The number of nitrogens with one attached hydrogen (secondary N) is 1. The molecule has 4 nitrogen and oxygen atoms in total. The number of fused-ring (bicyclic) bond motifs is 1. The fraction of sp³-hybridized carbons (Fsp3) is 0.143. The summed E-state index contributed by atoms with van der Waals surface area (Å²) in [7, 11) is 0. The smallest absolute Gasteiger partial charge is 0.255 e. The number of halogens is 1. The van der Waals surface area contributed by atoms with E-state index >= 15 is 0 Å². The van der Waals surface area contributed by atoms with E-state index in [0.29, 0.717) is 18.1 Å². The molecular formula is C21H18ClN3OS. The van der Waals surface area contributed by atoms with E-state index in [2.05, 4.69) is 27.1 Å². The number of rotatable bonds is 6. The lowest BCUT2D eigenvalue weighted by Crippen LogP contribution is -2.28. The summed E-state index contributed by atoms with van der Waals surface area (Å²) in [5.74, 6) is 0. The Kier molecular flexibility index (Phi) is 5.34. The third-order valence-corrected chi connectivity index (χ3v) is 5.37. The Morgan fingerprint density at radius 2 is 2.04 bits per heavy atom. The summed E-state index contributed by atoms with van der Waals surface area (Å²) in [4.78, 5) is 17.5. The van der Waals surface area contributed by atoms with Gasteiger partial charge in [-0.15, -0.1) is 0 Å². The van der Waals surface area contributed by atoms with Crippen LogP contribution in [0.25, 0.3) is 10.9 Å². The van der Waals surface area contributed by atoms with Crippen LogP contribution in [0.1, 0.15) is 16.8 Å². The minimum atomic E-state index is -0.0201. The van der Waals surface area contributed by atoms with Gasteiger partial charge < -0.3 is 9.88 Å². The van der Waals surface area contributed by atoms with Crippen molar-refractivity contribution in [2.24, 2.45) is 0 Å². The summed E-state index contributed by atoms with van der Waals surface area (Å²) in [6, 6.07) is 15.4. The molecule has 6 heteroatoms. The molecule has 136 valence electrons. The van der Waals surface area contributed by atoms with Gasteiger partial charge in [0, 0.05) is 29.9 Å². The maximum absolute atomic E-state index is 13.1. The Hall–Kier alpha value is -2.47. The van der Waals surface area contributed by atoms with Gasteiger partial charge in [0.2, 0.25) is 0 Å². The Balaban J connectivity index is 1.70. The molecule has 0 aliphatic carbocycles. The number of hydrogen-bond donors (Lipinski definition) is 1. The SMILES string of the molecule is O=c1c(CNCc2ccsc2)cc2ccc(Cl)cc2n1Cc1ccccn1. The lowest BCUT2D eigenvalue weighted by molar-refractivity contribution is 0.674. The predicted octanol–water partition coefficient (Wildman–Crippen LogP) is 4.45. The molecule has 0 amide bonds. The number of benzene rings is 1. The maximum atomic E-state index is 13.1. The minimum absolute atomic E-state index is 0.0201. The van der Waals surface area contributed by atoms with E-state index < -0.39 is 0 Å². The van der Waals surface area contributed by atoms with Crippen molar-refractivity contribution in [1.82, 2.24) is 14.9 Å². The van der Waals surface area contributed by atoms with Crippen molar-refractivity contribution in [3.8, 4) is 0 Å². The molecule has 0 radical (unpaired) electrons. The number of thiophene rings is 1. The van der Waals surface area contributed by atoms with Crippen LogP contribution >= 0.6 is 22.9 Å². The van der Waals surface area contributed by atoms with E-state index in [9.17, 15) is 4.79 Å². The molecule has 1 N–H and O–H groups in total. The second-order valence-electron chi connectivity index (χ2n) is 6.32. The lowest BCUT2D eigenvalue weighted by Gasteiger charge is -2.13. The largest absolute Gasteiger partial charge is 0.308 e. The highest BCUT2D eigenvalue weighted by Crippen LogP contribution is 2.20. The first-order valence-corrected chi connectivity index (χ1v) is 9.96. The molecule has 0 saturated carbocycles. The normalized spacial score (nSPS) is 11.1. The summed E-state index contributed by atoms with van der Waals surface area (Å²) in [5, 5.41) is 9.12. The van der Waals surface area contributed by atoms with Crippen molar-refractivity contribution >= 4 is 33.8 Å². The van der Waals surface area contributed by atoms with Gasteiger partial charge in [-0.2, -0.15) is 11.3 Å². The Labute approximate surface area is 166 Å². The quantitative estimate of drug-likeness (QED) is 0.524. The molecule has 0 bridgehead atoms. The van der Waals surface area contributed by atoms with Gasteiger partial charge in [0.1, 0.15) is 0 Å². The lowest BCUT2D eigenvalue weighted by atomic mass is 10.1. The molecule has 0 saturated heterocycles. The summed E-state index contributed by atoms with van der Waals surface area (Å²) >= 11 is 7.85. The van der Waals surface area contributed by atoms with Gasteiger partial charge >= 0.3 is 0 Å². The Morgan fingerprint density at radius 3 is 2.81 bits per heavy atom. The zero-order valence-corrected chi connectivity index (χ0v) is 16.1. The molecule has 0 atom stereocenters. The molecule has 0 aliphatic heterocycles. The second-order valence-corrected chi connectivity index (χ2v) is 7.54. The van der Waals surface area contributed by atoms with Gasteiger partial charge in [-0.1, -0.05) is 23.7 Å². The molecule has 0 spiro atoms. The number of aromatic nitrogens is 2. The van der Waals surface area contributed by atoms with Gasteiger partial charge in [-0.05, 0) is 58.1 Å². The van der Waals surface area contributed by atoms with Crippen molar-refractivity contribution in [3.63, 3.8) is 0 Å². The molecule has 0 unspecified atom stereocenters. The van der Waals surface area contributed by atoms with Crippen molar-refractivity contribution < 1.29 is 0 Å². The first-order valence-electron chi connectivity index (χ1n) is 8.64. The van der Waals surface area contributed by atoms with Crippen LogP contribution in [-0.4, -0.2) is 9.55 Å². The summed E-state index contributed by atoms with van der Waals surface area (Å²) < 4.78 is 1.76. The van der Waals surface area contributed by atoms with Crippen LogP contribution in [0.15, 0.2) is 70.3 Å². The summed E-state index contributed by atoms with van der Waals surface area (Å²) in [6.07, 6.45) is 1.74. The summed E-state index contributed by atoms with van der Waals surface area (Å²) in [6.45, 7) is 1.66. The topological polar surface area (TPSA) is 46.9 Å². The van der Waals surface area contributed by atoms with E-state index in [1.165, 1.54) is 5.56 Å². The number of nitrogens with zero attached hydrogens (tertiary/aromatic N) is 2. The van der Waals surface area contributed by atoms with Gasteiger partial charge in [0.25, 0.3) is 5.56 Å². The fourth-order valence-corrected chi connectivity index (χ4v) is 3.91. The van der Waals surface area contributed by atoms with Crippen LogP contribution in [0.5, 0.6) is 0 Å². The van der Waals surface area contributed by atoms with Crippen molar-refractivity contribution in [2.75, 3.05) is 0 Å². The molecule has 0 fully saturated rings. The highest BCUT2D eigenvalue weighted by molar-refractivity contribution is 7.07. The zero-order chi connectivity index (χ0) is 18.6. The van der Waals surface area contributed by atoms with Crippen LogP contribution in [0.3, 0.4) is 0 Å². The van der Waals surface area contributed by atoms with Crippen LogP contribution in [-0.2, 0) is 19.6 Å². The molecular weight excluding hydrogens is 378 g/mol. The molecule has 3 heterocycles. The molecule has 3 aromatic heterocycles. The highest BCUT2D eigenvalue weighted by Gasteiger charge is 2.11. The number of hydrogen-bond acceptors (Lipinski definition) is 4. The van der Waals surface area contributed by atoms with E-state index in [0.717, 1.165) is 28.7 Å². The first kappa shape index (κ1) is 17.9. The average Bonchev–Trinajstić information content (AvgIpc) is 3.19. The first-order chi connectivity index (χ1) is 13.2. The van der Waals surface area contributed by atoms with Crippen LogP contribution in [0.4, 0.5) is 0 Å². The van der Waals surface area contributed by atoms with E-state index in [-0.39, 0.29) is 5.56 Å². The van der Waals surface area contributed by atoms with Gasteiger partial charge in [0.05, 0.1) is 17.8 Å². The van der Waals surface area contributed by atoms with Crippen LogP contribution in [0, 0.1) is 0 Å². The second kappa shape index (κ2) is 8.05. The molecule has 0 aliphatic rings. The van der Waals surface area contributed by atoms with E-state index in [1.807, 2.05) is 42.5 Å². The van der Waals surface area contributed by atoms with E-state index in [4.69, 9.17) is 11.6 Å². The maximum Gasteiger partial charge on any atom is 0.255 e. The van der Waals surface area contributed by atoms with Gasteiger partial charge in [-0.25, -0.2) is 0 Å². The number of pyridine rings is 2. The zero-order valence-electron chi connectivity index (χ0n) is 14.6. The Morgan fingerprint density at radius 1 is 1.11 bits per heavy atom. The minimum Gasteiger partial charge on any atom is -0.308 e. The van der Waals surface area contributed by atoms with Crippen molar-refractivity contribution in [2.45, 2.75) is 19.6 Å². The highest BCUT2D eigenvalue weighted by atomic mass is 35.5. The molecule has 1 aromatic carbocycles. The van der Waals surface area contributed by atoms with Gasteiger partial charge in [0.15, 0.2) is 0 Å². The third-order valence-electron chi connectivity index (χ3n) is 4.40. The Bertz CT molecular complexity index is 1110. The van der Waals surface area contributed by atoms with Crippen LogP contribution < -0.4 is 10.9 Å². The molecule has 4 aromatic rings. The van der Waals surface area contributed by atoms with Gasteiger partial charge in [-0.3, -0.25) is 9.78 Å². The fourth-order valence-electron chi connectivity index (χ4n) is 3.08. The standard InChI is InChI=1S/C21H18ClN3OS/c22-18-5-4-16-9-17(12-23-11-15-6-8-27-14-15)21(26)25(20(16)10-18)13-19-3-1-2-7-24-19/h1-10,14,23H,11-13H2. The molecule has 27 heavy (non-hydrogen) atoms.